The number of hydrogen-bond donors (Lipinski definition) is 1. The fourth-order valence-electron chi connectivity index (χ4n) is 4.23. The minimum atomic E-state index is 0.00510. The van der Waals surface area contributed by atoms with Crippen molar-refractivity contribution in [2.45, 2.75) is 45.7 Å². The van der Waals surface area contributed by atoms with Gasteiger partial charge in [-0.2, -0.15) is 5.10 Å². The lowest BCUT2D eigenvalue weighted by Gasteiger charge is -2.29. The molecular weight excluding hydrogens is 376 g/mol. The molecule has 2 aromatic rings. The summed E-state index contributed by atoms with van der Waals surface area (Å²) in [5.41, 5.74) is 2.01. The molecule has 0 radical (unpaired) electrons. The van der Waals surface area contributed by atoms with Gasteiger partial charge in [-0.25, -0.2) is 0 Å². The lowest BCUT2D eigenvalue weighted by atomic mass is 10.2. The number of carbonyl (C=O) groups is 1. The molecule has 162 valence electrons. The highest BCUT2D eigenvalue weighted by molar-refractivity contribution is 5.92. The summed E-state index contributed by atoms with van der Waals surface area (Å²) in [7, 11) is 2.00. The molecule has 3 rings (SSSR count). The van der Waals surface area contributed by atoms with E-state index in [4.69, 9.17) is 0 Å². The second kappa shape index (κ2) is 10.4. The van der Waals surface area contributed by atoms with Crippen LogP contribution in [0.2, 0.25) is 0 Å². The number of benzene rings is 1. The van der Waals surface area contributed by atoms with Crippen LogP contribution >= 0.6 is 0 Å². The Morgan fingerprint density at radius 2 is 2.03 bits per heavy atom. The summed E-state index contributed by atoms with van der Waals surface area (Å²) >= 11 is 0. The zero-order valence-electron chi connectivity index (χ0n) is 18.6. The highest BCUT2D eigenvalue weighted by atomic mass is 16.2. The van der Waals surface area contributed by atoms with Crippen LogP contribution in [0.15, 0.2) is 42.6 Å². The number of rotatable bonds is 9. The van der Waals surface area contributed by atoms with Gasteiger partial charge in [-0.15, -0.1) is 5.10 Å². The number of nitrogens with zero attached hydrogens (tertiary/aromatic N) is 5. The summed E-state index contributed by atoms with van der Waals surface area (Å²) in [5.74, 6) is 0.922. The van der Waals surface area contributed by atoms with Crippen molar-refractivity contribution in [3.8, 4) is 0 Å². The molecule has 1 aromatic carbocycles. The van der Waals surface area contributed by atoms with Crippen LogP contribution in [-0.4, -0.2) is 66.3 Å². The first-order chi connectivity index (χ1) is 14.5. The maximum absolute atomic E-state index is 12.5. The molecule has 1 aliphatic rings. The molecule has 7 heteroatoms. The number of amides is 1. The molecule has 1 unspecified atom stereocenters. The fourth-order valence-corrected chi connectivity index (χ4v) is 4.23. The van der Waals surface area contributed by atoms with Gasteiger partial charge < -0.3 is 15.1 Å². The van der Waals surface area contributed by atoms with Crippen molar-refractivity contribution >= 4 is 23.1 Å². The van der Waals surface area contributed by atoms with Crippen LogP contribution in [0.1, 0.15) is 33.6 Å². The molecule has 1 saturated heterocycles. The van der Waals surface area contributed by atoms with Crippen LogP contribution in [0.25, 0.3) is 0 Å². The maximum Gasteiger partial charge on any atom is 0.238 e. The van der Waals surface area contributed by atoms with Crippen LogP contribution in [0.3, 0.4) is 0 Å². The van der Waals surface area contributed by atoms with Gasteiger partial charge in [-0.05, 0) is 77.1 Å². The smallest absolute Gasteiger partial charge is 0.238 e. The zero-order valence-corrected chi connectivity index (χ0v) is 18.6. The Morgan fingerprint density at radius 1 is 1.27 bits per heavy atom. The van der Waals surface area contributed by atoms with Crippen LogP contribution in [0, 0.1) is 0 Å². The monoisotopic (exact) mass is 410 g/mol. The molecule has 30 heavy (non-hydrogen) atoms. The van der Waals surface area contributed by atoms with E-state index < -0.39 is 0 Å². The molecule has 0 aliphatic carbocycles. The Kier molecular flexibility index (Phi) is 7.63. The first-order valence-corrected chi connectivity index (χ1v) is 10.9. The summed E-state index contributed by atoms with van der Waals surface area (Å²) in [6, 6.07) is 12.8. The van der Waals surface area contributed by atoms with Crippen molar-refractivity contribution < 1.29 is 4.79 Å². The third kappa shape index (κ3) is 5.69. The number of anilines is 3. The SMILES string of the molecule is CCN(c1ccc(NC(=O)CN(C)CC2CCCN2c2cccnn2)cc1)C(C)C. The van der Waals surface area contributed by atoms with Crippen molar-refractivity contribution in [3.63, 3.8) is 0 Å². The van der Waals surface area contributed by atoms with E-state index in [9.17, 15) is 4.79 Å². The van der Waals surface area contributed by atoms with Crippen molar-refractivity contribution in [1.82, 2.24) is 15.1 Å². The number of aromatic nitrogens is 2. The molecule has 0 bridgehead atoms. The van der Waals surface area contributed by atoms with E-state index in [0.29, 0.717) is 18.6 Å². The Balaban J connectivity index is 1.51. The minimum absolute atomic E-state index is 0.00510. The second-order valence-corrected chi connectivity index (χ2v) is 8.24. The largest absolute Gasteiger partial charge is 0.369 e. The van der Waals surface area contributed by atoms with E-state index in [2.05, 4.69) is 63.1 Å². The van der Waals surface area contributed by atoms with Gasteiger partial charge in [0.15, 0.2) is 5.82 Å². The Bertz CT molecular complexity index is 795. The average molecular weight is 411 g/mol. The Labute approximate surface area is 180 Å². The van der Waals surface area contributed by atoms with E-state index in [-0.39, 0.29) is 5.91 Å². The average Bonchev–Trinajstić information content (AvgIpc) is 3.18. The van der Waals surface area contributed by atoms with E-state index in [1.54, 1.807) is 6.20 Å². The fraction of sp³-hybridized carbons (Fsp3) is 0.522. The van der Waals surface area contributed by atoms with E-state index in [1.165, 1.54) is 5.69 Å². The predicted molar refractivity (Wildman–Crippen MR) is 123 cm³/mol. The molecule has 0 saturated carbocycles. The second-order valence-electron chi connectivity index (χ2n) is 8.24. The predicted octanol–water partition coefficient (Wildman–Crippen LogP) is 3.25. The van der Waals surface area contributed by atoms with Gasteiger partial charge in [0, 0.05) is 49.3 Å². The summed E-state index contributed by atoms with van der Waals surface area (Å²) in [6.45, 7) is 9.65. The van der Waals surface area contributed by atoms with Crippen LogP contribution in [0.5, 0.6) is 0 Å². The van der Waals surface area contributed by atoms with Crippen molar-refractivity contribution in [3.05, 3.63) is 42.6 Å². The highest BCUT2D eigenvalue weighted by Crippen LogP contribution is 2.23. The van der Waals surface area contributed by atoms with Crippen molar-refractivity contribution in [2.75, 3.05) is 48.3 Å². The molecule has 1 fully saturated rings. The normalized spacial score (nSPS) is 16.3. The third-order valence-electron chi connectivity index (χ3n) is 5.61. The third-order valence-corrected chi connectivity index (χ3v) is 5.61. The van der Waals surface area contributed by atoms with Gasteiger partial charge in [0.05, 0.1) is 6.54 Å². The Hall–Kier alpha value is -2.67. The maximum atomic E-state index is 12.5. The molecule has 1 atom stereocenters. The van der Waals surface area contributed by atoms with Gasteiger partial charge in [0.1, 0.15) is 0 Å². The van der Waals surface area contributed by atoms with Gasteiger partial charge in [-0.1, -0.05) is 0 Å². The molecule has 2 heterocycles. The van der Waals surface area contributed by atoms with E-state index in [1.807, 2.05) is 31.3 Å². The number of carbonyl (C=O) groups excluding carboxylic acids is 1. The lowest BCUT2D eigenvalue weighted by Crippen LogP contribution is -2.42. The number of nitrogens with one attached hydrogen (secondary N) is 1. The molecule has 7 nitrogen and oxygen atoms in total. The lowest BCUT2D eigenvalue weighted by molar-refractivity contribution is -0.117. The molecule has 0 spiro atoms. The van der Waals surface area contributed by atoms with Gasteiger partial charge in [0.25, 0.3) is 0 Å². The van der Waals surface area contributed by atoms with Gasteiger partial charge in [-0.3, -0.25) is 9.69 Å². The quantitative estimate of drug-likeness (QED) is 0.685. The number of hydrogen-bond acceptors (Lipinski definition) is 6. The minimum Gasteiger partial charge on any atom is -0.369 e. The highest BCUT2D eigenvalue weighted by Gasteiger charge is 2.27. The number of likely N-dealkylation sites (N-methyl/N-ethyl adjacent to an activating group) is 1. The molecule has 1 aromatic heterocycles. The molecule has 1 amide bonds. The van der Waals surface area contributed by atoms with Crippen LogP contribution in [0.4, 0.5) is 17.2 Å². The molecular formula is C23H34N6O. The van der Waals surface area contributed by atoms with Crippen LogP contribution < -0.4 is 15.1 Å². The molecule has 1 aliphatic heterocycles. The zero-order chi connectivity index (χ0) is 21.5. The van der Waals surface area contributed by atoms with Crippen molar-refractivity contribution in [2.24, 2.45) is 0 Å². The van der Waals surface area contributed by atoms with Crippen LogP contribution in [-0.2, 0) is 4.79 Å². The first kappa shape index (κ1) is 22.0. The van der Waals surface area contributed by atoms with Gasteiger partial charge in [0.2, 0.25) is 5.91 Å². The summed E-state index contributed by atoms with van der Waals surface area (Å²) in [6.07, 6.45) is 3.94. The summed E-state index contributed by atoms with van der Waals surface area (Å²) in [4.78, 5) is 19.2. The van der Waals surface area contributed by atoms with Gasteiger partial charge >= 0.3 is 0 Å². The summed E-state index contributed by atoms with van der Waals surface area (Å²) in [5, 5.41) is 11.3. The van der Waals surface area contributed by atoms with E-state index >= 15 is 0 Å². The first-order valence-electron chi connectivity index (χ1n) is 10.9. The topological polar surface area (TPSA) is 64.6 Å². The molecule has 1 N–H and O–H groups in total. The van der Waals surface area contributed by atoms with Crippen molar-refractivity contribution in [1.29, 1.82) is 0 Å². The van der Waals surface area contributed by atoms with E-state index in [0.717, 1.165) is 44.0 Å². The summed E-state index contributed by atoms with van der Waals surface area (Å²) < 4.78 is 0. The Morgan fingerprint density at radius 3 is 2.67 bits per heavy atom. The standard InChI is InChI=1S/C23H34N6O/c1-5-28(18(2)3)20-12-10-19(11-13-20)25-23(30)17-27(4)16-21-8-7-15-29(21)22-9-6-14-24-26-22/h6,9-14,18,21H,5,7-8,15-17H2,1-4H3,(H,25,30).